The average molecular weight is 284 g/mol. The first-order chi connectivity index (χ1) is 10.1. The smallest absolute Gasteiger partial charge is 0.255 e. The van der Waals surface area contributed by atoms with E-state index in [9.17, 15) is 4.79 Å². The second-order valence-electron chi connectivity index (χ2n) is 5.12. The van der Waals surface area contributed by atoms with Crippen LogP contribution in [0.4, 0.5) is 0 Å². The quantitative estimate of drug-likeness (QED) is 0.784. The highest BCUT2D eigenvalue weighted by molar-refractivity contribution is 5.95. The topological polar surface area (TPSA) is 79.2 Å². The Balaban J connectivity index is 1.74. The molecular weight excluding hydrogens is 268 g/mol. The molecular formula is C14H16N6O. The average Bonchev–Trinajstić information content (AvgIpc) is 3.15. The number of H-pyrrole nitrogens is 1. The minimum Gasteiger partial charge on any atom is -0.341 e. The molecule has 3 aromatic rings. The lowest BCUT2D eigenvalue weighted by molar-refractivity contribution is 0.0787. The lowest BCUT2D eigenvalue weighted by atomic mass is 10.1. The van der Waals surface area contributed by atoms with E-state index in [1.165, 1.54) is 0 Å². The van der Waals surface area contributed by atoms with Crippen LogP contribution in [0.3, 0.4) is 0 Å². The van der Waals surface area contributed by atoms with E-state index in [2.05, 4.69) is 20.6 Å². The minimum absolute atomic E-state index is 0.0194. The van der Waals surface area contributed by atoms with Gasteiger partial charge in [-0.3, -0.25) is 4.79 Å². The fourth-order valence-corrected chi connectivity index (χ4v) is 2.35. The van der Waals surface area contributed by atoms with Crippen LogP contribution < -0.4 is 0 Å². The standard InChI is InChI=1S/C14H16N6O/c1-10(13-15-17-18-16-13)8-19(2)14(21)11-7-12-5-3-4-6-20(12)9-11/h3-7,9-10H,8H2,1-2H3,(H,15,16,17,18)/t10-/m1/s1. The number of carbonyl (C=O) groups excluding carboxylic acids is 1. The summed E-state index contributed by atoms with van der Waals surface area (Å²) in [4.78, 5) is 14.1. The molecule has 0 saturated carbocycles. The molecule has 3 aromatic heterocycles. The molecule has 0 aliphatic rings. The molecule has 3 heterocycles. The zero-order valence-electron chi connectivity index (χ0n) is 11.9. The summed E-state index contributed by atoms with van der Waals surface area (Å²) < 4.78 is 1.93. The Morgan fingerprint density at radius 3 is 3.05 bits per heavy atom. The minimum atomic E-state index is -0.0194. The van der Waals surface area contributed by atoms with Crippen molar-refractivity contribution in [3.05, 3.63) is 48.0 Å². The highest BCUT2D eigenvalue weighted by Gasteiger charge is 2.18. The molecule has 1 amide bonds. The predicted molar refractivity (Wildman–Crippen MR) is 77.0 cm³/mol. The van der Waals surface area contributed by atoms with Gasteiger partial charge in [-0.25, -0.2) is 0 Å². The Morgan fingerprint density at radius 1 is 1.48 bits per heavy atom. The molecule has 108 valence electrons. The molecule has 0 spiro atoms. The summed E-state index contributed by atoms with van der Waals surface area (Å²) in [5.41, 5.74) is 1.67. The van der Waals surface area contributed by atoms with Crippen molar-refractivity contribution in [2.45, 2.75) is 12.8 Å². The number of nitrogens with one attached hydrogen (secondary N) is 1. The number of pyridine rings is 1. The van der Waals surface area contributed by atoms with Crippen LogP contribution in [0.15, 0.2) is 36.7 Å². The van der Waals surface area contributed by atoms with Gasteiger partial charge < -0.3 is 9.30 Å². The number of nitrogens with zero attached hydrogens (tertiary/aromatic N) is 5. The SMILES string of the molecule is C[C@H](CN(C)C(=O)c1cc2ccccn2c1)c1nn[nH]n1. The van der Waals surface area contributed by atoms with Crippen molar-refractivity contribution < 1.29 is 4.79 Å². The normalized spacial score (nSPS) is 12.5. The summed E-state index contributed by atoms with van der Waals surface area (Å²) in [6, 6.07) is 7.74. The van der Waals surface area contributed by atoms with Gasteiger partial charge in [0.05, 0.1) is 5.56 Å². The molecule has 0 saturated heterocycles. The van der Waals surface area contributed by atoms with E-state index in [-0.39, 0.29) is 11.8 Å². The van der Waals surface area contributed by atoms with Gasteiger partial charge in [-0.15, -0.1) is 10.2 Å². The van der Waals surface area contributed by atoms with Crippen LogP contribution in [0.2, 0.25) is 0 Å². The number of tetrazole rings is 1. The summed E-state index contributed by atoms with van der Waals surface area (Å²) >= 11 is 0. The van der Waals surface area contributed by atoms with Crippen LogP contribution in [0, 0.1) is 0 Å². The van der Waals surface area contributed by atoms with E-state index >= 15 is 0 Å². The van der Waals surface area contributed by atoms with E-state index < -0.39 is 0 Å². The first-order valence-electron chi connectivity index (χ1n) is 6.70. The fourth-order valence-electron chi connectivity index (χ4n) is 2.35. The third-order valence-corrected chi connectivity index (χ3v) is 3.45. The molecule has 1 atom stereocenters. The summed E-state index contributed by atoms with van der Waals surface area (Å²) in [6.07, 6.45) is 3.77. The number of amides is 1. The zero-order valence-corrected chi connectivity index (χ0v) is 11.9. The maximum Gasteiger partial charge on any atom is 0.255 e. The Kier molecular flexibility index (Phi) is 3.39. The maximum atomic E-state index is 12.5. The van der Waals surface area contributed by atoms with Crippen molar-refractivity contribution in [2.24, 2.45) is 0 Å². The van der Waals surface area contributed by atoms with Crippen molar-refractivity contribution in [1.29, 1.82) is 0 Å². The van der Waals surface area contributed by atoms with Crippen LogP contribution in [0.1, 0.15) is 29.0 Å². The molecule has 1 N–H and O–H groups in total. The Bertz CT molecular complexity index is 715. The highest BCUT2D eigenvalue weighted by atomic mass is 16.2. The van der Waals surface area contributed by atoms with Gasteiger partial charge in [0, 0.05) is 37.4 Å². The second-order valence-corrected chi connectivity index (χ2v) is 5.12. The molecule has 0 aliphatic carbocycles. The summed E-state index contributed by atoms with van der Waals surface area (Å²) in [7, 11) is 1.78. The van der Waals surface area contributed by atoms with Crippen LogP contribution in [0.25, 0.3) is 5.52 Å². The highest BCUT2D eigenvalue weighted by Crippen LogP contribution is 2.14. The maximum absolute atomic E-state index is 12.5. The van der Waals surface area contributed by atoms with Gasteiger partial charge >= 0.3 is 0 Å². The van der Waals surface area contributed by atoms with Gasteiger partial charge in [-0.1, -0.05) is 18.2 Å². The van der Waals surface area contributed by atoms with E-state index in [4.69, 9.17) is 0 Å². The molecule has 0 fully saturated rings. The van der Waals surface area contributed by atoms with Gasteiger partial charge in [0.15, 0.2) is 5.82 Å². The van der Waals surface area contributed by atoms with Crippen LogP contribution in [0.5, 0.6) is 0 Å². The molecule has 21 heavy (non-hydrogen) atoms. The van der Waals surface area contributed by atoms with Crippen LogP contribution in [-0.4, -0.2) is 49.4 Å². The largest absolute Gasteiger partial charge is 0.341 e. The molecule has 0 bridgehead atoms. The van der Waals surface area contributed by atoms with Crippen LogP contribution >= 0.6 is 0 Å². The number of hydrogen-bond acceptors (Lipinski definition) is 4. The first kappa shape index (κ1) is 13.3. The summed E-state index contributed by atoms with van der Waals surface area (Å²) in [5, 5.41) is 13.9. The zero-order chi connectivity index (χ0) is 14.8. The Hall–Kier alpha value is -2.70. The lowest BCUT2D eigenvalue weighted by Crippen LogP contribution is -2.30. The van der Waals surface area contributed by atoms with Crippen molar-refractivity contribution >= 4 is 11.4 Å². The van der Waals surface area contributed by atoms with Gasteiger partial charge in [-0.05, 0) is 18.2 Å². The molecule has 0 aromatic carbocycles. The molecule has 7 nitrogen and oxygen atoms in total. The van der Waals surface area contributed by atoms with Crippen molar-refractivity contribution in [3.63, 3.8) is 0 Å². The summed E-state index contributed by atoms with van der Waals surface area (Å²) in [6.45, 7) is 2.50. The second kappa shape index (κ2) is 5.35. The van der Waals surface area contributed by atoms with Crippen LogP contribution in [-0.2, 0) is 0 Å². The Morgan fingerprint density at radius 2 is 2.33 bits per heavy atom. The van der Waals surface area contributed by atoms with E-state index in [0.29, 0.717) is 17.9 Å². The predicted octanol–water partition coefficient (Wildman–Crippen LogP) is 1.33. The van der Waals surface area contributed by atoms with Crippen molar-refractivity contribution in [1.82, 2.24) is 29.9 Å². The molecule has 0 aliphatic heterocycles. The lowest BCUT2D eigenvalue weighted by Gasteiger charge is -2.19. The third-order valence-electron chi connectivity index (χ3n) is 3.45. The van der Waals surface area contributed by atoms with Gasteiger partial charge in [0.25, 0.3) is 5.91 Å². The monoisotopic (exact) mass is 284 g/mol. The number of likely N-dealkylation sites (N-methyl/N-ethyl adjacent to an activating group) is 1. The number of carbonyl (C=O) groups is 1. The summed E-state index contributed by atoms with van der Waals surface area (Å²) in [5.74, 6) is 0.612. The Labute approximate surface area is 121 Å². The number of fused-ring (bicyclic) bond motifs is 1. The van der Waals surface area contributed by atoms with E-state index in [0.717, 1.165) is 5.52 Å². The molecule has 7 heteroatoms. The number of hydrogen-bond donors (Lipinski definition) is 1. The molecule has 0 unspecified atom stereocenters. The van der Waals surface area contributed by atoms with Crippen molar-refractivity contribution in [3.8, 4) is 0 Å². The van der Waals surface area contributed by atoms with Gasteiger partial charge in [0.1, 0.15) is 0 Å². The fraction of sp³-hybridized carbons (Fsp3) is 0.286. The van der Waals surface area contributed by atoms with Crippen molar-refractivity contribution in [2.75, 3.05) is 13.6 Å². The third kappa shape index (κ3) is 2.62. The van der Waals surface area contributed by atoms with E-state index in [1.807, 2.05) is 48.0 Å². The van der Waals surface area contributed by atoms with Gasteiger partial charge in [-0.2, -0.15) is 5.21 Å². The van der Waals surface area contributed by atoms with E-state index in [1.54, 1.807) is 11.9 Å². The number of aromatic amines is 1. The first-order valence-corrected chi connectivity index (χ1v) is 6.70. The number of aromatic nitrogens is 5. The molecule has 0 radical (unpaired) electrons. The molecule has 3 rings (SSSR count). The van der Waals surface area contributed by atoms with Gasteiger partial charge in [0.2, 0.25) is 0 Å². The number of rotatable bonds is 4.